The van der Waals surface area contributed by atoms with Crippen LogP contribution in [0.25, 0.3) is 22.3 Å². The molecular weight excluding hydrogens is 398 g/mol. The molecule has 0 aliphatic heterocycles. The Hall–Kier alpha value is -3.32. The molecule has 0 bridgehead atoms. The maximum absolute atomic E-state index is 8.66. The van der Waals surface area contributed by atoms with Gasteiger partial charge < -0.3 is 5.32 Å². The lowest BCUT2D eigenvalue weighted by molar-refractivity contribution is 0.569. The fraction of sp³-hybridized carbons (Fsp3) is 0.250. The number of benzene rings is 4. The Kier molecular flexibility index (Phi) is 4.64. The van der Waals surface area contributed by atoms with Gasteiger partial charge in [0.25, 0.3) is 0 Å². The number of para-hydroxylation sites is 2. The lowest BCUT2D eigenvalue weighted by atomic mass is 9.78. The van der Waals surface area contributed by atoms with Gasteiger partial charge in [-0.3, -0.25) is 0 Å². The van der Waals surface area contributed by atoms with Crippen molar-refractivity contribution in [3.05, 3.63) is 108 Å². The second-order valence-electron chi connectivity index (χ2n) is 10.5. The molecule has 0 aliphatic rings. The van der Waals surface area contributed by atoms with E-state index in [0.717, 1.165) is 16.8 Å². The SMILES string of the molecule is [2H]c1c([2H])c([2H])c(-c2cccc(-c3cc(C(C)(C)C)cc(C(C)(C)C)c3)c2Nc2ccccc2)c([2H])c1[2H]. The molecule has 0 radical (unpaired) electrons. The minimum atomic E-state index is -0.398. The van der Waals surface area contributed by atoms with E-state index >= 15 is 0 Å². The van der Waals surface area contributed by atoms with E-state index in [2.05, 4.69) is 65.1 Å². The summed E-state index contributed by atoms with van der Waals surface area (Å²) in [5.41, 5.74) is 6.45. The molecule has 33 heavy (non-hydrogen) atoms. The highest BCUT2D eigenvalue weighted by atomic mass is 14.9. The molecule has 0 atom stereocenters. The molecule has 0 unspecified atom stereocenters. The molecule has 168 valence electrons. The van der Waals surface area contributed by atoms with Gasteiger partial charge in [-0.1, -0.05) is 126 Å². The maximum Gasteiger partial charge on any atom is 0.0629 e. The van der Waals surface area contributed by atoms with Gasteiger partial charge in [-0.15, -0.1) is 0 Å². The molecule has 0 amide bonds. The summed E-state index contributed by atoms with van der Waals surface area (Å²) in [5.74, 6) is 0. The molecule has 4 rings (SSSR count). The van der Waals surface area contributed by atoms with E-state index in [4.69, 9.17) is 6.85 Å². The molecule has 1 heteroatoms. The van der Waals surface area contributed by atoms with Crippen molar-refractivity contribution in [1.29, 1.82) is 0 Å². The van der Waals surface area contributed by atoms with Crippen LogP contribution in [0.2, 0.25) is 0 Å². The van der Waals surface area contributed by atoms with Gasteiger partial charge >= 0.3 is 0 Å². The van der Waals surface area contributed by atoms with Crippen LogP contribution >= 0.6 is 0 Å². The van der Waals surface area contributed by atoms with E-state index in [1.807, 2.05) is 48.5 Å². The zero-order valence-corrected chi connectivity index (χ0v) is 20.4. The Morgan fingerprint density at radius 2 is 1.15 bits per heavy atom. The van der Waals surface area contributed by atoms with Crippen LogP contribution in [0.3, 0.4) is 0 Å². The molecule has 0 aliphatic carbocycles. The van der Waals surface area contributed by atoms with Gasteiger partial charge in [0.05, 0.1) is 12.5 Å². The van der Waals surface area contributed by atoms with E-state index in [-0.39, 0.29) is 40.6 Å². The van der Waals surface area contributed by atoms with Crippen LogP contribution in [-0.4, -0.2) is 0 Å². The van der Waals surface area contributed by atoms with E-state index in [9.17, 15) is 0 Å². The molecule has 1 nitrogen and oxygen atoms in total. The Morgan fingerprint density at radius 1 is 0.606 bits per heavy atom. The van der Waals surface area contributed by atoms with Gasteiger partial charge in [-0.25, -0.2) is 0 Å². The number of hydrogen-bond acceptors (Lipinski definition) is 1. The smallest absolute Gasteiger partial charge is 0.0629 e. The van der Waals surface area contributed by atoms with Crippen molar-refractivity contribution in [2.75, 3.05) is 5.32 Å². The first-order valence-corrected chi connectivity index (χ1v) is 11.4. The molecule has 4 aromatic carbocycles. The highest BCUT2D eigenvalue weighted by Gasteiger charge is 2.22. The van der Waals surface area contributed by atoms with Crippen LogP contribution in [-0.2, 0) is 10.8 Å². The Morgan fingerprint density at radius 3 is 1.70 bits per heavy atom. The fourth-order valence-electron chi connectivity index (χ4n) is 3.84. The third-order valence-corrected chi connectivity index (χ3v) is 5.85. The van der Waals surface area contributed by atoms with E-state index in [0.29, 0.717) is 11.3 Å². The lowest BCUT2D eigenvalue weighted by Gasteiger charge is -2.27. The van der Waals surface area contributed by atoms with Gasteiger partial charge in [0.15, 0.2) is 0 Å². The van der Waals surface area contributed by atoms with Gasteiger partial charge in [-0.2, -0.15) is 0 Å². The van der Waals surface area contributed by atoms with Crippen LogP contribution in [0, 0.1) is 0 Å². The molecule has 0 fully saturated rings. The molecule has 4 aromatic rings. The summed E-state index contributed by atoms with van der Waals surface area (Å²) in [6.07, 6.45) is 0. The van der Waals surface area contributed by atoms with E-state index < -0.39 is 6.04 Å². The van der Waals surface area contributed by atoms with Crippen molar-refractivity contribution in [3.8, 4) is 22.3 Å². The average Bonchev–Trinajstić information content (AvgIpc) is 2.86. The van der Waals surface area contributed by atoms with Crippen LogP contribution in [0.5, 0.6) is 0 Å². The molecule has 0 saturated carbocycles. The van der Waals surface area contributed by atoms with E-state index in [1.54, 1.807) is 0 Å². The number of rotatable bonds is 4. The summed E-state index contributed by atoms with van der Waals surface area (Å²) < 4.78 is 41.9. The number of hydrogen-bond donors (Lipinski definition) is 1. The Bertz CT molecular complexity index is 1430. The van der Waals surface area contributed by atoms with Crippen LogP contribution in [0.4, 0.5) is 11.4 Å². The summed E-state index contributed by atoms with van der Waals surface area (Å²) in [6.45, 7) is 13.2. The Balaban J connectivity index is 2.09. The third kappa shape index (κ3) is 5.20. The van der Waals surface area contributed by atoms with Crippen molar-refractivity contribution >= 4 is 11.4 Å². The molecular formula is C32H35N. The second-order valence-corrected chi connectivity index (χ2v) is 10.5. The number of nitrogens with one attached hydrogen (secondary N) is 1. The summed E-state index contributed by atoms with van der Waals surface area (Å²) in [7, 11) is 0. The zero-order valence-electron chi connectivity index (χ0n) is 25.4. The summed E-state index contributed by atoms with van der Waals surface area (Å²) >= 11 is 0. The first-order chi connectivity index (χ1) is 17.7. The van der Waals surface area contributed by atoms with Gasteiger partial charge in [0, 0.05) is 16.8 Å². The van der Waals surface area contributed by atoms with Crippen molar-refractivity contribution in [1.82, 2.24) is 0 Å². The largest absolute Gasteiger partial charge is 0.355 e. The zero-order chi connectivity index (χ0) is 28.0. The maximum atomic E-state index is 8.66. The highest BCUT2D eigenvalue weighted by molar-refractivity contribution is 5.93. The van der Waals surface area contributed by atoms with Crippen molar-refractivity contribution in [2.24, 2.45) is 0 Å². The first-order valence-electron chi connectivity index (χ1n) is 13.9. The van der Waals surface area contributed by atoms with Crippen molar-refractivity contribution in [2.45, 2.75) is 52.4 Å². The average molecular weight is 439 g/mol. The standard InChI is InChI=1S/C32H35N/c1-31(2,3)25-20-24(21-26(22-25)32(4,5)6)29-19-13-18-28(23-14-9-7-10-15-23)30(29)33-27-16-11-8-12-17-27/h7-22,33H,1-6H3/i7D,9D,10D,14D,15D. The normalized spacial score (nSPS) is 14.1. The second kappa shape index (κ2) is 8.90. The molecule has 0 heterocycles. The first kappa shape index (κ1) is 17.2. The van der Waals surface area contributed by atoms with Gasteiger partial charge in [0.2, 0.25) is 0 Å². The lowest BCUT2D eigenvalue weighted by Crippen LogP contribution is -2.16. The molecule has 0 aromatic heterocycles. The topological polar surface area (TPSA) is 12.0 Å². The molecule has 0 spiro atoms. The van der Waals surface area contributed by atoms with Crippen LogP contribution in [0.15, 0.2) is 96.9 Å². The monoisotopic (exact) mass is 438 g/mol. The van der Waals surface area contributed by atoms with Crippen molar-refractivity contribution < 1.29 is 6.85 Å². The van der Waals surface area contributed by atoms with Gasteiger partial charge in [0.1, 0.15) is 0 Å². The van der Waals surface area contributed by atoms with Crippen molar-refractivity contribution in [3.63, 3.8) is 0 Å². The van der Waals surface area contributed by atoms with Crippen LogP contribution in [0.1, 0.15) is 59.5 Å². The summed E-state index contributed by atoms with van der Waals surface area (Å²) in [5, 5.41) is 3.53. The molecule has 1 N–H and O–H groups in total. The van der Waals surface area contributed by atoms with Crippen LogP contribution < -0.4 is 5.32 Å². The minimum Gasteiger partial charge on any atom is -0.355 e. The minimum absolute atomic E-state index is 0.0759. The summed E-state index contributed by atoms with van der Waals surface area (Å²) in [6, 6.07) is 20.6. The predicted octanol–water partition coefficient (Wildman–Crippen LogP) is 9.36. The quantitative estimate of drug-likeness (QED) is 0.334. The predicted molar refractivity (Wildman–Crippen MR) is 144 cm³/mol. The third-order valence-electron chi connectivity index (χ3n) is 5.85. The fourth-order valence-corrected chi connectivity index (χ4v) is 3.84. The summed E-state index contributed by atoms with van der Waals surface area (Å²) in [4.78, 5) is 0. The number of anilines is 2. The molecule has 0 saturated heterocycles. The highest BCUT2D eigenvalue weighted by Crippen LogP contribution is 2.41. The Labute approximate surface area is 206 Å². The van der Waals surface area contributed by atoms with E-state index in [1.165, 1.54) is 11.1 Å². The van der Waals surface area contributed by atoms with Gasteiger partial charge in [-0.05, 0) is 45.2 Å².